The van der Waals surface area contributed by atoms with E-state index in [0.29, 0.717) is 11.3 Å². The highest BCUT2D eigenvalue weighted by Gasteiger charge is 2.07. The summed E-state index contributed by atoms with van der Waals surface area (Å²) in [5.74, 6) is 5.20. The summed E-state index contributed by atoms with van der Waals surface area (Å²) in [6.07, 6.45) is 0. The SMILES string of the molecule is Cc1cc(-c2ccccc2F)nc(NN)n1. The average Bonchev–Trinajstić information content (AvgIpc) is 2.28. The molecule has 2 aromatic rings. The van der Waals surface area contributed by atoms with Crippen LogP contribution in [0.15, 0.2) is 30.3 Å². The van der Waals surface area contributed by atoms with Crippen molar-refractivity contribution >= 4 is 5.95 Å². The number of hydrogen-bond acceptors (Lipinski definition) is 4. The van der Waals surface area contributed by atoms with Crippen LogP contribution < -0.4 is 11.3 Å². The van der Waals surface area contributed by atoms with Crippen LogP contribution in [-0.4, -0.2) is 9.97 Å². The Kier molecular flexibility index (Phi) is 2.78. The Morgan fingerprint density at radius 2 is 2.00 bits per heavy atom. The zero-order chi connectivity index (χ0) is 11.5. The molecule has 16 heavy (non-hydrogen) atoms. The van der Waals surface area contributed by atoms with Gasteiger partial charge in [-0.3, -0.25) is 5.43 Å². The summed E-state index contributed by atoms with van der Waals surface area (Å²) < 4.78 is 13.5. The Morgan fingerprint density at radius 3 is 2.69 bits per heavy atom. The summed E-state index contributed by atoms with van der Waals surface area (Å²) in [6.45, 7) is 1.80. The van der Waals surface area contributed by atoms with Gasteiger partial charge < -0.3 is 0 Å². The highest BCUT2D eigenvalue weighted by molar-refractivity contribution is 5.61. The Labute approximate surface area is 92.3 Å². The minimum absolute atomic E-state index is 0.276. The molecule has 0 saturated carbocycles. The van der Waals surface area contributed by atoms with Crippen LogP contribution in [0.4, 0.5) is 10.3 Å². The molecule has 0 aliphatic rings. The number of hydrogen-bond donors (Lipinski definition) is 2. The lowest BCUT2D eigenvalue weighted by atomic mass is 10.1. The number of hydrazine groups is 1. The van der Waals surface area contributed by atoms with Crippen LogP contribution in [0.3, 0.4) is 0 Å². The molecule has 0 radical (unpaired) electrons. The van der Waals surface area contributed by atoms with Gasteiger partial charge in [-0.05, 0) is 25.1 Å². The molecule has 5 heteroatoms. The van der Waals surface area contributed by atoms with E-state index < -0.39 is 0 Å². The number of nitrogens with zero attached hydrogens (tertiary/aromatic N) is 2. The van der Waals surface area contributed by atoms with Gasteiger partial charge in [-0.1, -0.05) is 12.1 Å². The van der Waals surface area contributed by atoms with E-state index in [0.717, 1.165) is 5.69 Å². The largest absolute Gasteiger partial charge is 0.292 e. The molecule has 0 amide bonds. The molecular formula is C11H11FN4. The molecule has 1 heterocycles. The first-order valence-corrected chi connectivity index (χ1v) is 4.78. The second kappa shape index (κ2) is 4.24. The number of nitrogen functional groups attached to an aromatic ring is 1. The van der Waals surface area contributed by atoms with E-state index in [-0.39, 0.29) is 11.8 Å². The van der Waals surface area contributed by atoms with Crippen molar-refractivity contribution in [1.29, 1.82) is 0 Å². The fourth-order valence-electron chi connectivity index (χ4n) is 1.44. The smallest absolute Gasteiger partial charge is 0.237 e. The Morgan fingerprint density at radius 1 is 1.25 bits per heavy atom. The number of nitrogens with two attached hydrogens (primary N) is 1. The van der Waals surface area contributed by atoms with Gasteiger partial charge in [0.25, 0.3) is 0 Å². The lowest BCUT2D eigenvalue weighted by Crippen LogP contribution is -2.11. The predicted octanol–water partition coefficient (Wildman–Crippen LogP) is 1.88. The lowest BCUT2D eigenvalue weighted by Gasteiger charge is -2.05. The summed E-state index contributed by atoms with van der Waals surface area (Å²) in [5, 5.41) is 0. The van der Waals surface area contributed by atoms with E-state index in [2.05, 4.69) is 15.4 Å². The Hall–Kier alpha value is -2.01. The van der Waals surface area contributed by atoms with Crippen molar-refractivity contribution in [2.24, 2.45) is 5.84 Å². The van der Waals surface area contributed by atoms with Gasteiger partial charge in [0.2, 0.25) is 5.95 Å². The average molecular weight is 218 g/mol. The van der Waals surface area contributed by atoms with Crippen molar-refractivity contribution in [2.45, 2.75) is 6.92 Å². The van der Waals surface area contributed by atoms with Crippen molar-refractivity contribution in [3.05, 3.63) is 41.8 Å². The molecule has 1 aromatic heterocycles. The molecule has 0 atom stereocenters. The van der Waals surface area contributed by atoms with Crippen LogP contribution in [-0.2, 0) is 0 Å². The normalized spacial score (nSPS) is 10.2. The quantitative estimate of drug-likeness (QED) is 0.596. The maximum atomic E-state index is 13.5. The topological polar surface area (TPSA) is 63.8 Å². The first-order chi connectivity index (χ1) is 7.70. The van der Waals surface area contributed by atoms with Crippen LogP contribution >= 0.6 is 0 Å². The van der Waals surface area contributed by atoms with Gasteiger partial charge in [-0.25, -0.2) is 20.2 Å². The third-order valence-electron chi connectivity index (χ3n) is 2.13. The van der Waals surface area contributed by atoms with E-state index in [4.69, 9.17) is 5.84 Å². The van der Waals surface area contributed by atoms with Crippen LogP contribution in [0.25, 0.3) is 11.3 Å². The molecule has 0 fully saturated rings. The first-order valence-electron chi connectivity index (χ1n) is 4.78. The van der Waals surface area contributed by atoms with Crippen molar-refractivity contribution in [1.82, 2.24) is 9.97 Å². The minimum atomic E-state index is -0.316. The highest BCUT2D eigenvalue weighted by atomic mass is 19.1. The second-order valence-electron chi connectivity index (χ2n) is 3.34. The number of rotatable bonds is 2. The molecule has 0 saturated heterocycles. The standard InChI is InChI=1S/C11H11FN4/c1-7-6-10(15-11(14-7)16-13)8-4-2-3-5-9(8)12/h2-6H,13H2,1H3,(H,14,15,16). The van der Waals surface area contributed by atoms with Crippen molar-refractivity contribution < 1.29 is 4.39 Å². The number of halogens is 1. The van der Waals surface area contributed by atoms with Gasteiger partial charge in [-0.2, -0.15) is 0 Å². The Bertz CT molecular complexity index is 513. The van der Waals surface area contributed by atoms with E-state index >= 15 is 0 Å². The van der Waals surface area contributed by atoms with Crippen LogP contribution in [0.5, 0.6) is 0 Å². The summed E-state index contributed by atoms with van der Waals surface area (Å²) >= 11 is 0. The van der Waals surface area contributed by atoms with Crippen LogP contribution in [0.2, 0.25) is 0 Å². The molecule has 0 unspecified atom stereocenters. The van der Waals surface area contributed by atoms with Gasteiger partial charge in [-0.15, -0.1) is 0 Å². The van der Waals surface area contributed by atoms with Crippen molar-refractivity contribution in [3.63, 3.8) is 0 Å². The number of benzene rings is 1. The highest BCUT2D eigenvalue weighted by Crippen LogP contribution is 2.21. The predicted molar refractivity (Wildman–Crippen MR) is 60.0 cm³/mol. The van der Waals surface area contributed by atoms with Gasteiger partial charge >= 0.3 is 0 Å². The zero-order valence-electron chi connectivity index (χ0n) is 8.74. The fraction of sp³-hybridized carbons (Fsp3) is 0.0909. The summed E-state index contributed by atoms with van der Waals surface area (Å²) in [5.41, 5.74) is 4.02. The van der Waals surface area contributed by atoms with Gasteiger partial charge in [0.05, 0.1) is 5.69 Å². The van der Waals surface area contributed by atoms with Crippen molar-refractivity contribution in [3.8, 4) is 11.3 Å². The lowest BCUT2D eigenvalue weighted by molar-refractivity contribution is 0.630. The second-order valence-corrected chi connectivity index (χ2v) is 3.34. The summed E-state index contributed by atoms with van der Waals surface area (Å²) in [6, 6.07) is 8.15. The van der Waals surface area contributed by atoms with Crippen molar-refractivity contribution in [2.75, 3.05) is 5.43 Å². The number of aryl methyl sites for hydroxylation is 1. The van der Waals surface area contributed by atoms with Gasteiger partial charge in [0.15, 0.2) is 0 Å². The van der Waals surface area contributed by atoms with E-state index in [1.165, 1.54) is 6.07 Å². The van der Waals surface area contributed by atoms with E-state index in [1.807, 2.05) is 0 Å². The maximum Gasteiger partial charge on any atom is 0.237 e. The number of nitrogens with one attached hydrogen (secondary N) is 1. The zero-order valence-corrected chi connectivity index (χ0v) is 8.74. The molecule has 3 N–H and O–H groups in total. The number of aromatic nitrogens is 2. The summed E-state index contributed by atoms with van der Waals surface area (Å²) in [7, 11) is 0. The molecule has 2 rings (SSSR count). The molecule has 0 aliphatic heterocycles. The molecule has 0 aliphatic carbocycles. The third-order valence-corrected chi connectivity index (χ3v) is 2.13. The van der Waals surface area contributed by atoms with Crippen LogP contribution in [0, 0.1) is 12.7 Å². The summed E-state index contributed by atoms with van der Waals surface area (Å²) in [4.78, 5) is 8.13. The van der Waals surface area contributed by atoms with Gasteiger partial charge in [0.1, 0.15) is 5.82 Å². The molecule has 82 valence electrons. The third kappa shape index (κ3) is 1.99. The van der Waals surface area contributed by atoms with E-state index in [1.54, 1.807) is 31.2 Å². The van der Waals surface area contributed by atoms with E-state index in [9.17, 15) is 4.39 Å². The molecule has 1 aromatic carbocycles. The monoisotopic (exact) mass is 218 g/mol. The minimum Gasteiger partial charge on any atom is -0.292 e. The van der Waals surface area contributed by atoms with Gasteiger partial charge in [0, 0.05) is 11.3 Å². The van der Waals surface area contributed by atoms with Crippen LogP contribution in [0.1, 0.15) is 5.69 Å². The number of anilines is 1. The fourth-order valence-corrected chi connectivity index (χ4v) is 1.44. The first kappa shape index (κ1) is 10.5. The molecule has 4 nitrogen and oxygen atoms in total. The Balaban J connectivity index is 2.56. The molecule has 0 bridgehead atoms. The molecular weight excluding hydrogens is 207 g/mol. The molecule has 0 spiro atoms. The maximum absolute atomic E-state index is 13.5.